The first-order chi connectivity index (χ1) is 14.5. The van der Waals surface area contributed by atoms with Gasteiger partial charge in [0.1, 0.15) is 12.6 Å². The van der Waals surface area contributed by atoms with Gasteiger partial charge in [-0.2, -0.15) is 0 Å². The molecule has 0 saturated heterocycles. The van der Waals surface area contributed by atoms with Crippen LogP contribution in [0.1, 0.15) is 57.6 Å². The summed E-state index contributed by atoms with van der Waals surface area (Å²) in [5, 5.41) is 12.0. The second-order valence-electron chi connectivity index (χ2n) is 7.03. The van der Waals surface area contributed by atoms with E-state index in [4.69, 9.17) is 15.2 Å². The van der Waals surface area contributed by atoms with E-state index < -0.39 is 36.6 Å². The van der Waals surface area contributed by atoms with E-state index in [0.29, 0.717) is 5.69 Å². The zero-order valence-electron chi connectivity index (χ0n) is 17.6. The zero-order valence-corrected chi connectivity index (χ0v) is 17.6. The quantitative estimate of drug-likeness (QED) is 0.221. The highest BCUT2D eigenvalue weighted by molar-refractivity contribution is 5.84. The van der Waals surface area contributed by atoms with Crippen molar-refractivity contribution in [2.75, 3.05) is 19.8 Å². The van der Waals surface area contributed by atoms with Gasteiger partial charge in [0.2, 0.25) is 5.91 Å². The Morgan fingerprint density at radius 2 is 2.00 bits per heavy atom. The van der Waals surface area contributed by atoms with Crippen molar-refractivity contribution in [1.29, 1.82) is 0 Å². The molecule has 1 aromatic heterocycles. The Kier molecular flexibility index (Phi) is 13.1. The number of unbranched alkanes of at least 4 members (excludes halogenated alkanes) is 4. The number of H-pyrrole nitrogens is 1. The number of rotatable bonds is 16. The number of hydrogen-bond acceptors (Lipinski definition) is 8. The van der Waals surface area contributed by atoms with Crippen molar-refractivity contribution in [3.05, 3.63) is 18.2 Å². The number of ether oxygens (including phenoxy) is 2. The van der Waals surface area contributed by atoms with Crippen LogP contribution in [0.15, 0.2) is 12.5 Å². The monoisotopic (exact) mass is 426 g/mol. The molecule has 0 aliphatic heterocycles. The van der Waals surface area contributed by atoms with Gasteiger partial charge in [0.25, 0.3) is 0 Å². The molecule has 10 heteroatoms. The number of aliphatic hydroxyl groups excluding tert-OH is 1. The van der Waals surface area contributed by atoms with Crippen molar-refractivity contribution in [2.45, 2.75) is 70.4 Å². The lowest BCUT2D eigenvalue weighted by Crippen LogP contribution is -2.46. The number of imidazole rings is 1. The van der Waals surface area contributed by atoms with Crippen LogP contribution in [0.25, 0.3) is 0 Å². The predicted octanol–water partition coefficient (Wildman–Crippen LogP) is 0.594. The van der Waals surface area contributed by atoms with Crippen molar-refractivity contribution in [3.8, 4) is 0 Å². The normalized spacial score (nSPS) is 12.8. The third kappa shape index (κ3) is 10.9. The van der Waals surface area contributed by atoms with Crippen molar-refractivity contribution in [3.63, 3.8) is 0 Å². The summed E-state index contributed by atoms with van der Waals surface area (Å²) < 4.78 is 10.4. The number of nitrogens with zero attached hydrogens (tertiary/aromatic N) is 1. The third-order valence-electron chi connectivity index (χ3n) is 4.37. The maximum atomic E-state index is 12.5. The fraction of sp³-hybridized carbons (Fsp3) is 0.700. The number of aliphatic hydroxyl groups is 1. The number of carbonyl (C=O) groups is 3. The van der Waals surface area contributed by atoms with E-state index in [9.17, 15) is 19.5 Å². The molecule has 0 aliphatic rings. The summed E-state index contributed by atoms with van der Waals surface area (Å²) >= 11 is 0. The van der Waals surface area contributed by atoms with Crippen LogP contribution >= 0.6 is 0 Å². The molecule has 170 valence electrons. The number of nitrogens with two attached hydrogens (primary N) is 1. The molecule has 2 atom stereocenters. The average molecular weight is 427 g/mol. The molecule has 1 heterocycles. The predicted molar refractivity (Wildman–Crippen MR) is 109 cm³/mol. The van der Waals surface area contributed by atoms with Crippen molar-refractivity contribution in [2.24, 2.45) is 5.73 Å². The second-order valence-corrected chi connectivity index (χ2v) is 7.03. The van der Waals surface area contributed by atoms with Gasteiger partial charge in [0.15, 0.2) is 6.10 Å². The van der Waals surface area contributed by atoms with Gasteiger partial charge in [0.05, 0.1) is 12.9 Å². The Labute approximate surface area is 176 Å². The van der Waals surface area contributed by atoms with E-state index >= 15 is 0 Å². The SMILES string of the molecule is CCCCCCCC(=O)OCC(CO)OC(=O)C(Cc1cnc[nH]1)NC(=O)CCN. The fourth-order valence-electron chi connectivity index (χ4n) is 2.71. The van der Waals surface area contributed by atoms with Gasteiger partial charge < -0.3 is 30.6 Å². The molecule has 1 aromatic rings. The third-order valence-corrected chi connectivity index (χ3v) is 4.37. The van der Waals surface area contributed by atoms with Gasteiger partial charge in [0, 0.05) is 37.7 Å². The topological polar surface area (TPSA) is 157 Å². The molecule has 0 fully saturated rings. The molecule has 0 aliphatic carbocycles. The van der Waals surface area contributed by atoms with Crippen molar-refractivity contribution < 1.29 is 29.0 Å². The van der Waals surface area contributed by atoms with Crippen molar-refractivity contribution >= 4 is 17.8 Å². The first-order valence-corrected chi connectivity index (χ1v) is 10.4. The number of nitrogens with one attached hydrogen (secondary N) is 2. The van der Waals surface area contributed by atoms with E-state index in [-0.39, 0.29) is 32.4 Å². The highest BCUT2D eigenvalue weighted by Crippen LogP contribution is 2.07. The minimum absolute atomic E-state index is 0.0616. The van der Waals surface area contributed by atoms with Crippen LogP contribution in [-0.4, -0.2) is 64.8 Å². The first kappa shape index (κ1) is 25.6. The second kappa shape index (κ2) is 15.4. The fourth-order valence-corrected chi connectivity index (χ4v) is 2.71. The molecule has 0 aromatic carbocycles. The van der Waals surface area contributed by atoms with Crippen LogP contribution in [-0.2, 0) is 30.3 Å². The summed E-state index contributed by atoms with van der Waals surface area (Å²) in [6, 6.07) is -0.993. The molecule has 1 rings (SSSR count). The van der Waals surface area contributed by atoms with E-state index in [1.165, 1.54) is 12.5 Å². The van der Waals surface area contributed by atoms with Crippen LogP contribution in [0.5, 0.6) is 0 Å². The molecule has 1 amide bonds. The Morgan fingerprint density at radius 3 is 2.63 bits per heavy atom. The lowest BCUT2D eigenvalue weighted by molar-refractivity contribution is -0.163. The van der Waals surface area contributed by atoms with Crippen LogP contribution in [0, 0.1) is 0 Å². The van der Waals surface area contributed by atoms with Gasteiger partial charge in [-0.1, -0.05) is 32.6 Å². The van der Waals surface area contributed by atoms with Gasteiger partial charge >= 0.3 is 11.9 Å². The molecule has 0 bridgehead atoms. The lowest BCUT2D eigenvalue weighted by atomic mass is 10.1. The largest absolute Gasteiger partial charge is 0.462 e. The molecule has 0 radical (unpaired) electrons. The number of amides is 1. The Balaban J connectivity index is 2.51. The van der Waals surface area contributed by atoms with E-state index in [1.807, 2.05) is 0 Å². The zero-order chi connectivity index (χ0) is 22.2. The van der Waals surface area contributed by atoms with Gasteiger partial charge in [-0.25, -0.2) is 9.78 Å². The lowest BCUT2D eigenvalue weighted by Gasteiger charge is -2.21. The first-order valence-electron chi connectivity index (χ1n) is 10.4. The smallest absolute Gasteiger partial charge is 0.329 e. The van der Waals surface area contributed by atoms with Crippen LogP contribution < -0.4 is 11.1 Å². The molecule has 2 unspecified atom stereocenters. The average Bonchev–Trinajstić information content (AvgIpc) is 3.23. The van der Waals surface area contributed by atoms with Gasteiger partial charge in [-0.05, 0) is 6.42 Å². The van der Waals surface area contributed by atoms with Crippen molar-refractivity contribution in [1.82, 2.24) is 15.3 Å². The molecular weight excluding hydrogens is 392 g/mol. The molecule has 10 nitrogen and oxygen atoms in total. The van der Waals surface area contributed by atoms with Gasteiger partial charge in [-0.3, -0.25) is 9.59 Å². The van der Waals surface area contributed by atoms with Crippen LogP contribution in [0.3, 0.4) is 0 Å². The number of hydrogen-bond donors (Lipinski definition) is 4. The summed E-state index contributed by atoms with van der Waals surface area (Å²) in [4.78, 5) is 43.0. The summed E-state index contributed by atoms with van der Waals surface area (Å²) in [6.07, 6.45) is 7.48. The van der Waals surface area contributed by atoms with Crippen LogP contribution in [0.4, 0.5) is 0 Å². The Bertz CT molecular complexity index is 623. The summed E-state index contributed by atoms with van der Waals surface area (Å²) in [6.45, 7) is 1.51. The maximum absolute atomic E-state index is 12.5. The minimum atomic E-state index is -1.02. The molecule has 30 heavy (non-hydrogen) atoms. The Morgan fingerprint density at radius 1 is 1.23 bits per heavy atom. The standard InChI is InChI=1S/C20H34N4O6/c1-2-3-4-5-6-7-19(27)29-13-16(12-25)30-20(28)17(24-18(26)8-9-21)10-15-11-22-14-23-15/h11,14,16-17,25H,2-10,12-13,21H2,1H3,(H,22,23)(H,24,26). The molecule has 0 saturated carbocycles. The highest BCUT2D eigenvalue weighted by atomic mass is 16.6. The number of aromatic amines is 1. The maximum Gasteiger partial charge on any atom is 0.329 e. The van der Waals surface area contributed by atoms with E-state index in [2.05, 4.69) is 22.2 Å². The van der Waals surface area contributed by atoms with Gasteiger partial charge in [-0.15, -0.1) is 0 Å². The van der Waals surface area contributed by atoms with E-state index in [1.54, 1.807) is 0 Å². The number of aromatic nitrogens is 2. The number of esters is 2. The molecule has 0 spiro atoms. The van der Waals surface area contributed by atoms with E-state index in [0.717, 1.165) is 32.1 Å². The summed E-state index contributed by atoms with van der Waals surface area (Å²) in [5.41, 5.74) is 6.00. The molecular formula is C20H34N4O6. The minimum Gasteiger partial charge on any atom is -0.462 e. The van der Waals surface area contributed by atoms with Crippen LogP contribution in [0.2, 0.25) is 0 Å². The molecule has 5 N–H and O–H groups in total. The highest BCUT2D eigenvalue weighted by Gasteiger charge is 2.26. The Hall–Kier alpha value is -2.46. The summed E-state index contributed by atoms with van der Waals surface area (Å²) in [7, 11) is 0. The summed E-state index contributed by atoms with van der Waals surface area (Å²) in [5.74, 6) is -1.54. The number of carbonyl (C=O) groups excluding carboxylic acids is 3.